The molecule has 0 amide bonds. The lowest BCUT2D eigenvalue weighted by Crippen LogP contribution is -2.55. The monoisotopic (exact) mass is 320 g/mol. The topological polar surface area (TPSA) is 57.5 Å². The Morgan fingerprint density at radius 3 is 2.70 bits per heavy atom. The van der Waals surface area contributed by atoms with Crippen LogP contribution < -0.4 is 0 Å². The molecule has 4 aliphatic carbocycles. The van der Waals surface area contributed by atoms with E-state index in [0.717, 1.165) is 44.9 Å². The number of hydrogen-bond acceptors (Lipinski definition) is 3. The Labute approximate surface area is 139 Å². The molecule has 0 aromatic rings. The molecule has 4 saturated carbocycles. The summed E-state index contributed by atoms with van der Waals surface area (Å²) < 4.78 is 0. The molecule has 130 valence electrons. The first-order valence-corrected chi connectivity index (χ1v) is 9.82. The molecule has 0 aliphatic heterocycles. The minimum Gasteiger partial charge on any atom is -0.396 e. The predicted octanol–water partition coefficient (Wildman–Crippen LogP) is 3.32. The zero-order chi connectivity index (χ0) is 16.2. The Morgan fingerprint density at radius 2 is 1.91 bits per heavy atom. The minimum absolute atomic E-state index is 0.118. The van der Waals surface area contributed by atoms with Crippen molar-refractivity contribution in [3.63, 3.8) is 0 Å². The molecule has 3 heteroatoms. The normalized spacial score (nSPS) is 52.7. The SMILES string of the molecule is C[C@]12CC[C@H]3[C@@H](CC[C@H]4CC(=O)CCC43CCO)[C@@H]1CC[C@@H]2O. The van der Waals surface area contributed by atoms with Crippen LogP contribution in [0.4, 0.5) is 0 Å². The summed E-state index contributed by atoms with van der Waals surface area (Å²) in [6.45, 7) is 2.58. The van der Waals surface area contributed by atoms with Gasteiger partial charge in [0.05, 0.1) is 6.10 Å². The predicted molar refractivity (Wildman–Crippen MR) is 88.8 cm³/mol. The van der Waals surface area contributed by atoms with Gasteiger partial charge in [-0.05, 0) is 85.9 Å². The van der Waals surface area contributed by atoms with E-state index in [4.69, 9.17) is 0 Å². The zero-order valence-corrected chi connectivity index (χ0v) is 14.5. The van der Waals surface area contributed by atoms with Crippen LogP contribution in [0, 0.1) is 34.5 Å². The van der Waals surface area contributed by atoms with Crippen LogP contribution in [0.1, 0.15) is 71.1 Å². The number of rotatable bonds is 2. The summed E-state index contributed by atoms with van der Waals surface area (Å²) in [5, 5.41) is 20.3. The third-order valence-corrected chi connectivity index (χ3v) is 8.71. The molecular weight excluding hydrogens is 288 g/mol. The maximum Gasteiger partial charge on any atom is 0.133 e. The van der Waals surface area contributed by atoms with Gasteiger partial charge in [-0.25, -0.2) is 0 Å². The fraction of sp³-hybridized carbons (Fsp3) is 0.950. The highest BCUT2D eigenvalue weighted by molar-refractivity contribution is 5.79. The van der Waals surface area contributed by atoms with Crippen molar-refractivity contribution in [1.82, 2.24) is 0 Å². The maximum absolute atomic E-state index is 12.0. The smallest absolute Gasteiger partial charge is 0.133 e. The Kier molecular flexibility index (Phi) is 3.88. The van der Waals surface area contributed by atoms with Gasteiger partial charge in [0.15, 0.2) is 0 Å². The first kappa shape index (κ1) is 16.1. The number of ketones is 1. The molecule has 0 saturated heterocycles. The average Bonchev–Trinajstić information content (AvgIpc) is 2.84. The fourth-order valence-electron chi connectivity index (χ4n) is 7.53. The van der Waals surface area contributed by atoms with Crippen molar-refractivity contribution in [1.29, 1.82) is 0 Å². The van der Waals surface area contributed by atoms with E-state index in [1.807, 2.05) is 0 Å². The molecule has 4 aliphatic rings. The molecular formula is C20H32O3. The van der Waals surface area contributed by atoms with Crippen molar-refractivity contribution >= 4 is 5.78 Å². The van der Waals surface area contributed by atoms with E-state index in [1.165, 1.54) is 19.3 Å². The first-order valence-electron chi connectivity index (χ1n) is 9.82. The Balaban J connectivity index is 1.66. The molecule has 2 N–H and O–H groups in total. The van der Waals surface area contributed by atoms with Crippen molar-refractivity contribution < 1.29 is 15.0 Å². The molecule has 0 aromatic carbocycles. The largest absolute Gasteiger partial charge is 0.396 e. The summed E-state index contributed by atoms with van der Waals surface area (Å²) in [5.41, 5.74) is 0.333. The van der Waals surface area contributed by atoms with Gasteiger partial charge < -0.3 is 10.2 Å². The summed E-state index contributed by atoms with van der Waals surface area (Å²) in [6.07, 6.45) is 10.1. The third-order valence-electron chi connectivity index (χ3n) is 8.71. The lowest BCUT2D eigenvalue weighted by Gasteiger charge is -2.61. The van der Waals surface area contributed by atoms with Gasteiger partial charge in [-0.1, -0.05) is 6.92 Å². The molecule has 1 unspecified atom stereocenters. The Morgan fingerprint density at radius 1 is 1.09 bits per heavy atom. The van der Waals surface area contributed by atoms with Crippen LogP contribution in [0.5, 0.6) is 0 Å². The summed E-state index contributed by atoms with van der Waals surface area (Å²) in [4.78, 5) is 12.0. The second-order valence-electron chi connectivity index (χ2n) is 9.24. The minimum atomic E-state index is -0.118. The Bertz CT molecular complexity index is 489. The van der Waals surface area contributed by atoms with Gasteiger partial charge in [-0.2, -0.15) is 0 Å². The van der Waals surface area contributed by atoms with E-state index in [0.29, 0.717) is 29.5 Å². The molecule has 7 atom stereocenters. The zero-order valence-electron chi connectivity index (χ0n) is 14.5. The van der Waals surface area contributed by atoms with Crippen LogP contribution in [0.25, 0.3) is 0 Å². The molecule has 4 fully saturated rings. The quantitative estimate of drug-likeness (QED) is 0.820. The van der Waals surface area contributed by atoms with Crippen LogP contribution in [0.2, 0.25) is 0 Å². The van der Waals surface area contributed by atoms with Gasteiger partial charge in [0.25, 0.3) is 0 Å². The van der Waals surface area contributed by atoms with Crippen LogP contribution in [0.15, 0.2) is 0 Å². The summed E-state index contributed by atoms with van der Waals surface area (Å²) in [5.74, 6) is 2.99. The van der Waals surface area contributed by atoms with Crippen molar-refractivity contribution in [2.45, 2.75) is 77.2 Å². The lowest BCUT2D eigenvalue weighted by atomic mass is 9.44. The van der Waals surface area contributed by atoms with Crippen molar-refractivity contribution in [3.05, 3.63) is 0 Å². The second kappa shape index (κ2) is 5.56. The Hall–Kier alpha value is -0.410. The van der Waals surface area contributed by atoms with Gasteiger partial charge in [0.2, 0.25) is 0 Å². The standard InChI is InChI=1S/C20H32O3/c1-19-8-7-17-15(16(19)4-5-18(19)23)3-2-13-12-14(22)6-9-20(13,17)10-11-21/h13,15-18,21,23H,2-12H2,1H3/t13-,15-,16-,17-,18-,19-,20?/m0/s1. The average molecular weight is 320 g/mol. The number of aliphatic hydroxyl groups excluding tert-OH is 2. The van der Waals surface area contributed by atoms with Crippen molar-refractivity contribution in [2.24, 2.45) is 34.5 Å². The van der Waals surface area contributed by atoms with Crippen LogP contribution >= 0.6 is 0 Å². The highest BCUT2D eigenvalue weighted by atomic mass is 16.3. The summed E-state index contributed by atoms with van der Waals surface area (Å²) in [6, 6.07) is 0. The van der Waals surface area contributed by atoms with Gasteiger partial charge in [0, 0.05) is 19.4 Å². The molecule has 0 radical (unpaired) electrons. The first-order chi connectivity index (χ1) is 11.0. The van der Waals surface area contributed by atoms with E-state index in [9.17, 15) is 15.0 Å². The number of aliphatic hydroxyl groups is 2. The van der Waals surface area contributed by atoms with Crippen molar-refractivity contribution in [2.75, 3.05) is 6.61 Å². The van der Waals surface area contributed by atoms with Gasteiger partial charge in [0.1, 0.15) is 5.78 Å². The van der Waals surface area contributed by atoms with Gasteiger partial charge >= 0.3 is 0 Å². The van der Waals surface area contributed by atoms with Gasteiger partial charge in [-0.15, -0.1) is 0 Å². The van der Waals surface area contributed by atoms with Crippen LogP contribution in [0.3, 0.4) is 0 Å². The number of hydrogen-bond donors (Lipinski definition) is 2. The molecule has 0 spiro atoms. The highest BCUT2D eigenvalue weighted by Crippen LogP contribution is 2.66. The number of Topliss-reactive ketones (excluding diaryl/α,β-unsaturated/α-hetero) is 1. The molecule has 0 bridgehead atoms. The van der Waals surface area contributed by atoms with E-state index in [2.05, 4.69) is 6.92 Å². The third kappa shape index (κ3) is 2.18. The second-order valence-corrected chi connectivity index (χ2v) is 9.24. The van der Waals surface area contributed by atoms with E-state index >= 15 is 0 Å². The van der Waals surface area contributed by atoms with E-state index < -0.39 is 0 Å². The van der Waals surface area contributed by atoms with Crippen LogP contribution in [-0.2, 0) is 4.79 Å². The summed E-state index contributed by atoms with van der Waals surface area (Å²) in [7, 11) is 0. The number of fused-ring (bicyclic) bond motifs is 5. The highest BCUT2D eigenvalue weighted by Gasteiger charge is 2.61. The molecule has 0 aromatic heterocycles. The van der Waals surface area contributed by atoms with Gasteiger partial charge in [-0.3, -0.25) is 4.79 Å². The van der Waals surface area contributed by atoms with Crippen LogP contribution in [-0.4, -0.2) is 28.7 Å². The van der Waals surface area contributed by atoms with E-state index in [1.54, 1.807) is 0 Å². The molecule has 3 nitrogen and oxygen atoms in total. The van der Waals surface area contributed by atoms with E-state index in [-0.39, 0.29) is 23.5 Å². The molecule has 0 heterocycles. The fourth-order valence-corrected chi connectivity index (χ4v) is 7.53. The molecule has 4 rings (SSSR count). The summed E-state index contributed by atoms with van der Waals surface area (Å²) >= 11 is 0. The van der Waals surface area contributed by atoms with Crippen molar-refractivity contribution in [3.8, 4) is 0 Å². The number of carbonyl (C=O) groups is 1. The lowest BCUT2D eigenvalue weighted by molar-refractivity contribution is -0.149. The maximum atomic E-state index is 12.0. The number of carbonyl (C=O) groups excluding carboxylic acids is 1. The molecule has 23 heavy (non-hydrogen) atoms.